The van der Waals surface area contributed by atoms with E-state index in [-0.39, 0.29) is 23.8 Å². The highest BCUT2D eigenvalue weighted by molar-refractivity contribution is 5.89. The molecule has 24 heavy (non-hydrogen) atoms. The van der Waals surface area contributed by atoms with Crippen LogP contribution in [0.5, 0.6) is 0 Å². The van der Waals surface area contributed by atoms with Crippen molar-refractivity contribution < 1.29 is 18.7 Å². The van der Waals surface area contributed by atoms with Crippen molar-refractivity contribution >= 4 is 5.91 Å². The minimum atomic E-state index is -1.13. The lowest BCUT2D eigenvalue weighted by Crippen LogP contribution is -2.50. The van der Waals surface area contributed by atoms with Crippen molar-refractivity contribution in [1.82, 2.24) is 5.32 Å². The lowest BCUT2D eigenvalue weighted by Gasteiger charge is -2.41. The summed E-state index contributed by atoms with van der Waals surface area (Å²) in [5.41, 5.74) is 0.0367. The van der Waals surface area contributed by atoms with E-state index in [1.807, 2.05) is 0 Å². The first-order chi connectivity index (χ1) is 11.5. The molecule has 0 heterocycles. The van der Waals surface area contributed by atoms with Gasteiger partial charge in [-0.15, -0.1) is 0 Å². The maximum Gasteiger partial charge on any atom is 0.230 e. The van der Waals surface area contributed by atoms with E-state index in [1.54, 1.807) is 18.2 Å². The number of aliphatic hydroxyl groups is 1. The molecular weight excluding hydrogens is 312 g/mol. The lowest BCUT2D eigenvalue weighted by atomic mass is 9.63. The van der Waals surface area contributed by atoms with Crippen LogP contribution in [0.15, 0.2) is 48.5 Å². The zero-order valence-corrected chi connectivity index (χ0v) is 13.1. The molecule has 1 unspecified atom stereocenters. The molecule has 1 amide bonds. The van der Waals surface area contributed by atoms with Crippen molar-refractivity contribution in [3.8, 4) is 0 Å². The van der Waals surface area contributed by atoms with E-state index in [0.29, 0.717) is 18.4 Å². The van der Waals surface area contributed by atoms with Crippen molar-refractivity contribution in [3.05, 3.63) is 71.3 Å². The average molecular weight is 331 g/mol. The van der Waals surface area contributed by atoms with Gasteiger partial charge in [-0.3, -0.25) is 4.79 Å². The molecule has 1 saturated carbocycles. The van der Waals surface area contributed by atoms with Gasteiger partial charge in [0.25, 0.3) is 0 Å². The first-order valence-corrected chi connectivity index (χ1v) is 8.00. The summed E-state index contributed by atoms with van der Waals surface area (Å²) in [5, 5.41) is 12.8. The van der Waals surface area contributed by atoms with E-state index in [0.717, 1.165) is 6.42 Å². The Kier molecular flexibility index (Phi) is 4.62. The Bertz CT molecular complexity index is 744. The molecule has 2 aromatic rings. The summed E-state index contributed by atoms with van der Waals surface area (Å²) in [6.45, 7) is -0.0865. The van der Waals surface area contributed by atoms with Crippen molar-refractivity contribution in [1.29, 1.82) is 0 Å². The number of halogens is 2. The van der Waals surface area contributed by atoms with Crippen LogP contribution in [-0.4, -0.2) is 17.6 Å². The van der Waals surface area contributed by atoms with E-state index in [2.05, 4.69) is 5.32 Å². The number of amides is 1. The van der Waals surface area contributed by atoms with E-state index < -0.39 is 17.3 Å². The van der Waals surface area contributed by atoms with Crippen LogP contribution in [0.1, 0.15) is 36.5 Å². The number of rotatable bonds is 5. The minimum absolute atomic E-state index is 0.0865. The summed E-state index contributed by atoms with van der Waals surface area (Å²) in [6.07, 6.45) is 1.04. The van der Waals surface area contributed by atoms with Crippen molar-refractivity contribution in [2.75, 3.05) is 6.54 Å². The fourth-order valence-electron chi connectivity index (χ4n) is 3.18. The zero-order valence-electron chi connectivity index (χ0n) is 13.1. The summed E-state index contributed by atoms with van der Waals surface area (Å²) < 4.78 is 27.2. The molecule has 2 N–H and O–H groups in total. The number of carbonyl (C=O) groups is 1. The molecule has 3 rings (SSSR count). The second-order valence-electron chi connectivity index (χ2n) is 6.19. The van der Waals surface area contributed by atoms with Crippen molar-refractivity contribution in [2.24, 2.45) is 0 Å². The van der Waals surface area contributed by atoms with Gasteiger partial charge in [0.1, 0.15) is 11.6 Å². The second-order valence-corrected chi connectivity index (χ2v) is 6.19. The molecule has 1 aliphatic carbocycles. The maximum absolute atomic E-state index is 13.7. The summed E-state index contributed by atoms with van der Waals surface area (Å²) in [5.74, 6) is -1.14. The first-order valence-electron chi connectivity index (χ1n) is 8.00. The van der Waals surface area contributed by atoms with Crippen LogP contribution in [0.25, 0.3) is 0 Å². The molecule has 3 nitrogen and oxygen atoms in total. The Morgan fingerprint density at radius 1 is 1.17 bits per heavy atom. The lowest BCUT2D eigenvalue weighted by molar-refractivity contribution is -0.130. The van der Waals surface area contributed by atoms with Gasteiger partial charge in [-0.25, -0.2) is 8.78 Å². The molecule has 0 radical (unpaired) electrons. The Labute approximate surface area is 139 Å². The van der Waals surface area contributed by atoms with Crippen LogP contribution < -0.4 is 5.32 Å². The van der Waals surface area contributed by atoms with Gasteiger partial charge in [0.2, 0.25) is 5.91 Å². The fraction of sp³-hybridized carbons (Fsp3) is 0.316. The standard InChI is InChI=1S/C19H19F2NO2/c20-14-6-3-5-13(11-14)19(9-4-10-19)18(24)22-12-17(23)15-7-1-2-8-16(15)21/h1-3,5-8,11,17,23H,4,9-10,12H2,(H,22,24). The number of benzene rings is 2. The molecule has 0 aromatic heterocycles. The summed E-state index contributed by atoms with van der Waals surface area (Å²) in [4.78, 5) is 12.6. The van der Waals surface area contributed by atoms with Gasteiger partial charge in [0.05, 0.1) is 11.5 Å². The summed E-state index contributed by atoms with van der Waals surface area (Å²) in [6, 6.07) is 12.0. The molecule has 1 fully saturated rings. The molecule has 2 aromatic carbocycles. The molecule has 5 heteroatoms. The number of hydrogen-bond donors (Lipinski definition) is 2. The highest BCUT2D eigenvalue weighted by Gasteiger charge is 2.45. The molecular formula is C19H19F2NO2. The molecule has 0 bridgehead atoms. The molecule has 0 saturated heterocycles. The highest BCUT2D eigenvalue weighted by atomic mass is 19.1. The largest absolute Gasteiger partial charge is 0.386 e. The Morgan fingerprint density at radius 2 is 1.92 bits per heavy atom. The van der Waals surface area contributed by atoms with Crippen molar-refractivity contribution in [3.63, 3.8) is 0 Å². The van der Waals surface area contributed by atoms with Gasteiger partial charge in [0.15, 0.2) is 0 Å². The molecule has 1 aliphatic rings. The third-order valence-corrected chi connectivity index (χ3v) is 4.74. The smallest absolute Gasteiger partial charge is 0.230 e. The molecule has 1 atom stereocenters. The van der Waals surface area contributed by atoms with Crippen LogP contribution in [0.4, 0.5) is 8.78 Å². The van der Waals surface area contributed by atoms with E-state index in [4.69, 9.17) is 0 Å². The molecule has 0 spiro atoms. The molecule has 126 valence electrons. The first kappa shape index (κ1) is 16.6. The number of aliphatic hydroxyl groups excluding tert-OH is 1. The van der Waals surface area contributed by atoms with Crippen molar-refractivity contribution in [2.45, 2.75) is 30.8 Å². The zero-order chi connectivity index (χ0) is 17.2. The van der Waals surface area contributed by atoms with Crippen LogP contribution in [0.3, 0.4) is 0 Å². The van der Waals surface area contributed by atoms with Crippen LogP contribution >= 0.6 is 0 Å². The van der Waals surface area contributed by atoms with Gasteiger partial charge in [-0.1, -0.05) is 36.8 Å². The van der Waals surface area contributed by atoms with Gasteiger partial charge < -0.3 is 10.4 Å². The normalized spacial score (nSPS) is 17.0. The van der Waals surface area contributed by atoms with Gasteiger partial charge in [0, 0.05) is 12.1 Å². The Morgan fingerprint density at radius 3 is 2.54 bits per heavy atom. The Hall–Kier alpha value is -2.27. The fourth-order valence-corrected chi connectivity index (χ4v) is 3.18. The van der Waals surface area contributed by atoms with E-state index in [1.165, 1.54) is 30.3 Å². The number of hydrogen-bond acceptors (Lipinski definition) is 2. The highest BCUT2D eigenvalue weighted by Crippen LogP contribution is 2.44. The topological polar surface area (TPSA) is 49.3 Å². The number of nitrogens with one attached hydrogen (secondary N) is 1. The van der Waals surface area contributed by atoms with E-state index >= 15 is 0 Å². The van der Waals surface area contributed by atoms with Crippen LogP contribution in [0.2, 0.25) is 0 Å². The minimum Gasteiger partial charge on any atom is -0.386 e. The Balaban J connectivity index is 1.71. The SMILES string of the molecule is O=C(NCC(O)c1ccccc1F)C1(c2cccc(F)c2)CCC1. The predicted octanol–water partition coefficient (Wildman–Crippen LogP) is 3.24. The second kappa shape index (κ2) is 6.69. The monoisotopic (exact) mass is 331 g/mol. The summed E-state index contributed by atoms with van der Waals surface area (Å²) >= 11 is 0. The predicted molar refractivity (Wildman–Crippen MR) is 86.3 cm³/mol. The average Bonchev–Trinajstić information content (AvgIpc) is 2.52. The summed E-state index contributed by atoms with van der Waals surface area (Å²) in [7, 11) is 0. The number of carbonyl (C=O) groups excluding carboxylic acids is 1. The maximum atomic E-state index is 13.7. The van der Waals surface area contributed by atoms with Gasteiger partial charge in [-0.2, -0.15) is 0 Å². The van der Waals surface area contributed by atoms with Crippen LogP contribution in [-0.2, 0) is 10.2 Å². The van der Waals surface area contributed by atoms with Gasteiger partial charge >= 0.3 is 0 Å². The molecule has 0 aliphatic heterocycles. The van der Waals surface area contributed by atoms with Gasteiger partial charge in [-0.05, 0) is 36.6 Å². The third-order valence-electron chi connectivity index (χ3n) is 4.74. The quantitative estimate of drug-likeness (QED) is 0.884. The van der Waals surface area contributed by atoms with E-state index in [9.17, 15) is 18.7 Å². The van der Waals surface area contributed by atoms with Crippen LogP contribution in [0, 0.1) is 11.6 Å². The third kappa shape index (κ3) is 3.04.